The van der Waals surface area contributed by atoms with Crippen LogP contribution >= 0.6 is 0 Å². The lowest BCUT2D eigenvalue weighted by molar-refractivity contribution is 0.0999. The molecule has 4 nitrogen and oxygen atoms in total. The molecule has 2 saturated heterocycles. The largest absolute Gasteiger partial charge is 0.384 e. The van der Waals surface area contributed by atoms with E-state index in [0.29, 0.717) is 23.9 Å². The fourth-order valence-electron chi connectivity index (χ4n) is 2.48. The molecule has 74 valence electrons. The normalized spacial score (nSPS) is 35.0. The summed E-state index contributed by atoms with van der Waals surface area (Å²) >= 11 is 0. The summed E-state index contributed by atoms with van der Waals surface area (Å²) in [5, 5.41) is 0. The first-order chi connectivity index (χ1) is 6.83. The lowest BCUT2D eigenvalue weighted by atomic mass is 9.88. The molecule has 0 aliphatic carbocycles. The third-order valence-corrected chi connectivity index (χ3v) is 3.13. The van der Waals surface area contributed by atoms with Gasteiger partial charge in [-0.15, -0.1) is 0 Å². The number of rotatable bonds is 1. The van der Waals surface area contributed by atoms with E-state index in [1.807, 2.05) is 0 Å². The van der Waals surface area contributed by atoms with Crippen LogP contribution in [0.3, 0.4) is 0 Å². The molecule has 2 bridgehead atoms. The average Bonchev–Trinajstić information content (AvgIpc) is 2.78. The second-order valence-corrected chi connectivity index (χ2v) is 4.06. The first kappa shape index (κ1) is 8.17. The zero-order valence-electron chi connectivity index (χ0n) is 7.89. The van der Waals surface area contributed by atoms with Crippen LogP contribution in [0.25, 0.3) is 0 Å². The standard InChI is InChI=1S/C10H13N3O/c11-9-3-4-12-10(13-9)7-5-6-1-2-8(7)14-6/h3-4,6-8H,1-2,5H2,(H2,11,12,13). The molecule has 0 amide bonds. The minimum atomic E-state index is 0.335. The smallest absolute Gasteiger partial charge is 0.136 e. The van der Waals surface area contributed by atoms with Crippen LogP contribution in [0.5, 0.6) is 0 Å². The molecule has 3 atom stereocenters. The number of fused-ring (bicyclic) bond motifs is 2. The molecule has 1 aromatic rings. The van der Waals surface area contributed by atoms with Crippen LogP contribution in [-0.2, 0) is 4.74 Å². The maximum atomic E-state index is 5.76. The lowest BCUT2D eigenvalue weighted by Gasteiger charge is -2.16. The van der Waals surface area contributed by atoms with Gasteiger partial charge in [-0.25, -0.2) is 9.97 Å². The van der Waals surface area contributed by atoms with Crippen molar-refractivity contribution in [3.8, 4) is 0 Å². The highest BCUT2D eigenvalue weighted by Crippen LogP contribution is 2.43. The van der Waals surface area contributed by atoms with Gasteiger partial charge in [0.15, 0.2) is 0 Å². The summed E-state index contributed by atoms with van der Waals surface area (Å²) in [6, 6.07) is 1.72. The average molecular weight is 191 g/mol. The Kier molecular flexibility index (Phi) is 1.70. The molecule has 1 aromatic heterocycles. The second kappa shape index (κ2) is 2.92. The summed E-state index contributed by atoms with van der Waals surface area (Å²) in [5.74, 6) is 1.78. The third-order valence-electron chi connectivity index (χ3n) is 3.13. The Morgan fingerprint density at radius 1 is 1.43 bits per heavy atom. The van der Waals surface area contributed by atoms with Crippen molar-refractivity contribution in [2.45, 2.75) is 37.4 Å². The highest BCUT2D eigenvalue weighted by molar-refractivity contribution is 5.26. The predicted octanol–water partition coefficient (Wildman–Crippen LogP) is 1.09. The van der Waals surface area contributed by atoms with Gasteiger partial charge in [0.25, 0.3) is 0 Å². The summed E-state index contributed by atoms with van der Waals surface area (Å²) in [5.41, 5.74) is 5.63. The number of nitrogens with two attached hydrogens (primary N) is 1. The Morgan fingerprint density at radius 2 is 2.36 bits per heavy atom. The van der Waals surface area contributed by atoms with Gasteiger partial charge in [0, 0.05) is 12.1 Å². The molecule has 2 fully saturated rings. The Balaban J connectivity index is 1.89. The molecule has 0 spiro atoms. The Bertz CT molecular complexity index is 355. The van der Waals surface area contributed by atoms with Gasteiger partial charge < -0.3 is 10.5 Å². The van der Waals surface area contributed by atoms with Crippen molar-refractivity contribution in [2.24, 2.45) is 0 Å². The number of hydrogen-bond donors (Lipinski definition) is 1. The molecular weight excluding hydrogens is 178 g/mol. The molecule has 3 unspecified atom stereocenters. The van der Waals surface area contributed by atoms with Crippen LogP contribution in [0.1, 0.15) is 31.0 Å². The molecule has 3 rings (SSSR count). The quantitative estimate of drug-likeness (QED) is 0.722. The van der Waals surface area contributed by atoms with Gasteiger partial charge in [0.2, 0.25) is 0 Å². The van der Waals surface area contributed by atoms with E-state index in [9.17, 15) is 0 Å². The molecule has 0 radical (unpaired) electrons. The fourth-order valence-corrected chi connectivity index (χ4v) is 2.48. The molecule has 0 saturated carbocycles. The van der Waals surface area contributed by atoms with E-state index >= 15 is 0 Å². The molecule has 14 heavy (non-hydrogen) atoms. The van der Waals surface area contributed by atoms with Crippen LogP contribution in [-0.4, -0.2) is 22.2 Å². The minimum Gasteiger partial charge on any atom is -0.384 e. The summed E-state index contributed by atoms with van der Waals surface area (Å²) in [6.07, 6.45) is 5.91. The topological polar surface area (TPSA) is 61.0 Å². The highest BCUT2D eigenvalue weighted by atomic mass is 16.5. The fraction of sp³-hybridized carbons (Fsp3) is 0.600. The zero-order valence-corrected chi connectivity index (χ0v) is 7.89. The third kappa shape index (κ3) is 1.18. The molecule has 0 aromatic carbocycles. The van der Waals surface area contributed by atoms with Crippen molar-refractivity contribution in [1.29, 1.82) is 0 Å². The molecule has 4 heteroatoms. The van der Waals surface area contributed by atoms with Crippen molar-refractivity contribution < 1.29 is 4.74 Å². The Hall–Kier alpha value is -1.16. The van der Waals surface area contributed by atoms with E-state index in [-0.39, 0.29) is 0 Å². The number of ether oxygens (including phenoxy) is 1. The lowest BCUT2D eigenvalue weighted by Crippen LogP contribution is -2.17. The first-order valence-electron chi connectivity index (χ1n) is 5.07. The summed E-state index contributed by atoms with van der Waals surface area (Å²) in [6.45, 7) is 0. The van der Waals surface area contributed by atoms with Gasteiger partial charge in [-0.3, -0.25) is 0 Å². The van der Waals surface area contributed by atoms with E-state index in [2.05, 4.69) is 9.97 Å². The molecule has 2 aliphatic rings. The zero-order chi connectivity index (χ0) is 9.54. The number of nitrogen functional groups attached to an aromatic ring is 1. The van der Waals surface area contributed by atoms with E-state index in [4.69, 9.17) is 10.5 Å². The summed E-state index contributed by atoms with van der Waals surface area (Å²) < 4.78 is 5.76. The molecule has 2 aliphatic heterocycles. The molecule has 2 N–H and O–H groups in total. The Morgan fingerprint density at radius 3 is 3.00 bits per heavy atom. The number of nitrogens with zero attached hydrogens (tertiary/aromatic N) is 2. The van der Waals surface area contributed by atoms with Gasteiger partial charge in [-0.05, 0) is 25.3 Å². The van der Waals surface area contributed by atoms with Gasteiger partial charge in [0.05, 0.1) is 12.2 Å². The van der Waals surface area contributed by atoms with E-state index in [0.717, 1.165) is 18.7 Å². The van der Waals surface area contributed by atoms with Gasteiger partial charge in [-0.1, -0.05) is 0 Å². The van der Waals surface area contributed by atoms with E-state index in [1.165, 1.54) is 6.42 Å². The summed E-state index contributed by atoms with van der Waals surface area (Å²) in [7, 11) is 0. The van der Waals surface area contributed by atoms with Gasteiger partial charge >= 0.3 is 0 Å². The predicted molar refractivity (Wildman–Crippen MR) is 51.7 cm³/mol. The number of hydrogen-bond acceptors (Lipinski definition) is 4. The first-order valence-corrected chi connectivity index (χ1v) is 5.07. The SMILES string of the molecule is Nc1ccnc(C2CC3CCC2O3)n1. The highest BCUT2D eigenvalue weighted by Gasteiger charge is 2.42. The maximum absolute atomic E-state index is 5.76. The monoisotopic (exact) mass is 191 g/mol. The second-order valence-electron chi connectivity index (χ2n) is 4.06. The van der Waals surface area contributed by atoms with Crippen LogP contribution in [0.2, 0.25) is 0 Å². The van der Waals surface area contributed by atoms with Crippen LogP contribution in [0.15, 0.2) is 12.3 Å². The Labute approximate surface area is 82.5 Å². The molecular formula is C10H13N3O. The van der Waals surface area contributed by atoms with Crippen molar-refractivity contribution in [3.63, 3.8) is 0 Å². The van der Waals surface area contributed by atoms with Crippen LogP contribution in [0.4, 0.5) is 5.82 Å². The van der Waals surface area contributed by atoms with Gasteiger partial charge in [0.1, 0.15) is 11.6 Å². The van der Waals surface area contributed by atoms with Crippen molar-refractivity contribution in [1.82, 2.24) is 9.97 Å². The van der Waals surface area contributed by atoms with Crippen molar-refractivity contribution in [3.05, 3.63) is 18.1 Å². The van der Waals surface area contributed by atoms with Gasteiger partial charge in [-0.2, -0.15) is 0 Å². The molecule has 3 heterocycles. The number of aromatic nitrogens is 2. The van der Waals surface area contributed by atoms with Crippen LogP contribution in [0, 0.1) is 0 Å². The summed E-state index contributed by atoms with van der Waals surface area (Å²) in [4.78, 5) is 8.53. The van der Waals surface area contributed by atoms with Crippen molar-refractivity contribution in [2.75, 3.05) is 5.73 Å². The van der Waals surface area contributed by atoms with E-state index in [1.54, 1.807) is 12.3 Å². The maximum Gasteiger partial charge on any atom is 0.136 e. The van der Waals surface area contributed by atoms with E-state index < -0.39 is 0 Å². The van der Waals surface area contributed by atoms with Crippen molar-refractivity contribution >= 4 is 5.82 Å². The minimum absolute atomic E-state index is 0.335. The van der Waals surface area contributed by atoms with Crippen LogP contribution < -0.4 is 5.73 Å². The number of anilines is 1.